The maximum atomic E-state index is 12.4. The van der Waals surface area contributed by atoms with Crippen LogP contribution >= 0.6 is 0 Å². The fourth-order valence-electron chi connectivity index (χ4n) is 2.26. The summed E-state index contributed by atoms with van der Waals surface area (Å²) in [4.78, 5) is 22.8. The van der Waals surface area contributed by atoms with Crippen LogP contribution in [0.5, 0.6) is 0 Å². The highest BCUT2D eigenvalue weighted by Gasteiger charge is 2.21. The molecule has 2 rings (SSSR count). The number of aromatic nitrogens is 2. The molecule has 0 spiro atoms. The number of aryl methyl sites for hydroxylation is 2. The SMILES string of the molecule is CCn1nc(C)c(C(=O)Nc2ccccc2[N+](=O)[O-])c1C. The lowest BCUT2D eigenvalue weighted by Crippen LogP contribution is -2.15. The number of hydrogen-bond donors (Lipinski definition) is 1. The van der Waals surface area contributed by atoms with Gasteiger partial charge in [0.05, 0.1) is 16.2 Å². The quantitative estimate of drug-likeness (QED) is 0.691. The summed E-state index contributed by atoms with van der Waals surface area (Å²) >= 11 is 0. The molecule has 7 nitrogen and oxygen atoms in total. The maximum Gasteiger partial charge on any atom is 0.292 e. The third kappa shape index (κ3) is 2.76. The van der Waals surface area contributed by atoms with Gasteiger partial charge in [-0.25, -0.2) is 0 Å². The number of nitrogens with one attached hydrogen (secondary N) is 1. The van der Waals surface area contributed by atoms with Crippen molar-refractivity contribution in [2.45, 2.75) is 27.3 Å². The predicted molar refractivity (Wildman–Crippen MR) is 78.4 cm³/mol. The van der Waals surface area contributed by atoms with Gasteiger partial charge in [0, 0.05) is 18.3 Å². The van der Waals surface area contributed by atoms with E-state index in [4.69, 9.17) is 0 Å². The normalized spacial score (nSPS) is 10.4. The molecule has 0 saturated heterocycles. The number of anilines is 1. The zero-order valence-corrected chi connectivity index (χ0v) is 12.1. The van der Waals surface area contributed by atoms with E-state index in [0.717, 1.165) is 5.69 Å². The number of hydrogen-bond acceptors (Lipinski definition) is 4. The van der Waals surface area contributed by atoms with E-state index >= 15 is 0 Å². The summed E-state index contributed by atoms with van der Waals surface area (Å²) in [5, 5.41) is 17.8. The Bertz CT molecular complexity index is 706. The van der Waals surface area contributed by atoms with Gasteiger partial charge in [-0.2, -0.15) is 5.10 Å². The van der Waals surface area contributed by atoms with E-state index in [9.17, 15) is 14.9 Å². The first-order chi connectivity index (χ1) is 9.95. The number of rotatable bonds is 4. The molecule has 0 fully saturated rings. The smallest absolute Gasteiger partial charge is 0.292 e. The average molecular weight is 288 g/mol. The Labute approximate surface area is 121 Å². The number of benzene rings is 1. The topological polar surface area (TPSA) is 90.1 Å². The molecule has 1 aromatic heterocycles. The molecular formula is C14H16N4O3. The first-order valence-corrected chi connectivity index (χ1v) is 6.54. The van der Waals surface area contributed by atoms with E-state index < -0.39 is 4.92 Å². The van der Waals surface area contributed by atoms with Crippen LogP contribution in [0, 0.1) is 24.0 Å². The van der Waals surface area contributed by atoms with E-state index in [-0.39, 0.29) is 17.3 Å². The van der Waals surface area contributed by atoms with Crippen molar-refractivity contribution in [2.24, 2.45) is 0 Å². The van der Waals surface area contributed by atoms with Crippen molar-refractivity contribution >= 4 is 17.3 Å². The number of amides is 1. The molecule has 0 atom stereocenters. The zero-order chi connectivity index (χ0) is 15.6. The lowest BCUT2D eigenvalue weighted by molar-refractivity contribution is -0.383. The molecule has 0 unspecified atom stereocenters. The highest BCUT2D eigenvalue weighted by molar-refractivity contribution is 6.06. The van der Waals surface area contributed by atoms with Crippen LogP contribution in [-0.4, -0.2) is 20.6 Å². The van der Waals surface area contributed by atoms with Crippen LogP contribution in [0.25, 0.3) is 0 Å². The van der Waals surface area contributed by atoms with E-state index in [1.807, 2.05) is 6.92 Å². The first-order valence-electron chi connectivity index (χ1n) is 6.54. The van der Waals surface area contributed by atoms with Crippen molar-refractivity contribution < 1.29 is 9.72 Å². The molecule has 1 aromatic carbocycles. The average Bonchev–Trinajstić information content (AvgIpc) is 2.73. The second-order valence-corrected chi connectivity index (χ2v) is 4.59. The molecule has 1 N–H and O–H groups in total. The molecule has 0 radical (unpaired) electrons. The Morgan fingerprint density at radius 3 is 2.62 bits per heavy atom. The molecule has 110 valence electrons. The van der Waals surface area contributed by atoms with Crippen molar-refractivity contribution in [3.8, 4) is 0 Å². The Kier molecular flexibility index (Phi) is 4.02. The lowest BCUT2D eigenvalue weighted by atomic mass is 10.1. The number of para-hydroxylation sites is 2. The molecule has 1 heterocycles. The number of nitrogens with zero attached hydrogens (tertiary/aromatic N) is 3. The van der Waals surface area contributed by atoms with E-state index in [1.165, 1.54) is 12.1 Å². The number of nitro benzene ring substituents is 1. The van der Waals surface area contributed by atoms with Crippen LogP contribution in [0.4, 0.5) is 11.4 Å². The number of carbonyl (C=O) groups is 1. The molecule has 7 heteroatoms. The summed E-state index contributed by atoms with van der Waals surface area (Å²) in [6, 6.07) is 6.05. The largest absolute Gasteiger partial charge is 0.316 e. The minimum atomic E-state index is -0.523. The number of nitro groups is 1. The second kappa shape index (κ2) is 5.74. The van der Waals surface area contributed by atoms with Gasteiger partial charge in [-0.3, -0.25) is 19.6 Å². The summed E-state index contributed by atoms with van der Waals surface area (Å²) in [6.07, 6.45) is 0. The van der Waals surface area contributed by atoms with Crippen LogP contribution in [-0.2, 0) is 6.54 Å². The third-order valence-corrected chi connectivity index (χ3v) is 3.26. The minimum absolute atomic E-state index is 0.135. The van der Waals surface area contributed by atoms with Gasteiger partial charge in [-0.1, -0.05) is 12.1 Å². The van der Waals surface area contributed by atoms with Crippen molar-refractivity contribution in [1.29, 1.82) is 0 Å². The van der Waals surface area contributed by atoms with Crippen molar-refractivity contribution in [1.82, 2.24) is 9.78 Å². The monoisotopic (exact) mass is 288 g/mol. The van der Waals surface area contributed by atoms with Crippen molar-refractivity contribution in [2.75, 3.05) is 5.32 Å². The van der Waals surface area contributed by atoms with Crippen LogP contribution < -0.4 is 5.32 Å². The summed E-state index contributed by atoms with van der Waals surface area (Å²) in [5.41, 5.74) is 1.84. The van der Waals surface area contributed by atoms with E-state index in [0.29, 0.717) is 17.8 Å². The van der Waals surface area contributed by atoms with Crippen LogP contribution in [0.3, 0.4) is 0 Å². The van der Waals surface area contributed by atoms with Gasteiger partial charge < -0.3 is 5.32 Å². The van der Waals surface area contributed by atoms with Gasteiger partial charge in [0.2, 0.25) is 0 Å². The fraction of sp³-hybridized carbons (Fsp3) is 0.286. The van der Waals surface area contributed by atoms with Crippen LogP contribution in [0.1, 0.15) is 28.7 Å². The van der Waals surface area contributed by atoms with Crippen LogP contribution in [0.2, 0.25) is 0 Å². The standard InChI is InChI=1S/C14H16N4O3/c1-4-17-10(3)13(9(2)16-17)14(19)15-11-7-5-6-8-12(11)18(20)21/h5-8H,4H2,1-3H3,(H,15,19). The zero-order valence-electron chi connectivity index (χ0n) is 12.1. The number of carbonyl (C=O) groups excluding carboxylic acids is 1. The fourth-order valence-corrected chi connectivity index (χ4v) is 2.26. The van der Waals surface area contributed by atoms with Gasteiger partial charge in [-0.15, -0.1) is 0 Å². The molecule has 0 aliphatic heterocycles. The molecule has 0 aliphatic rings. The molecule has 0 aliphatic carbocycles. The van der Waals surface area contributed by atoms with Crippen molar-refractivity contribution in [3.05, 3.63) is 51.3 Å². The summed E-state index contributed by atoms with van der Waals surface area (Å²) in [6.45, 7) is 6.14. The molecule has 21 heavy (non-hydrogen) atoms. The van der Waals surface area contributed by atoms with Gasteiger partial charge >= 0.3 is 0 Å². The Morgan fingerprint density at radius 1 is 1.38 bits per heavy atom. The molecule has 2 aromatic rings. The third-order valence-electron chi connectivity index (χ3n) is 3.26. The second-order valence-electron chi connectivity index (χ2n) is 4.59. The molecule has 0 saturated carbocycles. The molecular weight excluding hydrogens is 272 g/mol. The van der Waals surface area contributed by atoms with Crippen LogP contribution in [0.15, 0.2) is 24.3 Å². The Balaban J connectivity index is 2.35. The maximum absolute atomic E-state index is 12.4. The van der Waals surface area contributed by atoms with Gasteiger partial charge in [-0.05, 0) is 26.8 Å². The molecule has 0 bridgehead atoms. The Morgan fingerprint density at radius 2 is 2.05 bits per heavy atom. The predicted octanol–water partition coefficient (Wildman–Crippen LogP) is 2.68. The van der Waals surface area contributed by atoms with E-state index in [2.05, 4.69) is 10.4 Å². The molecule has 1 amide bonds. The van der Waals surface area contributed by atoms with Gasteiger partial charge in [0.1, 0.15) is 5.69 Å². The first kappa shape index (κ1) is 14.7. The van der Waals surface area contributed by atoms with Gasteiger partial charge in [0.25, 0.3) is 11.6 Å². The summed E-state index contributed by atoms with van der Waals surface area (Å²) < 4.78 is 1.73. The summed E-state index contributed by atoms with van der Waals surface area (Å²) in [7, 11) is 0. The van der Waals surface area contributed by atoms with E-state index in [1.54, 1.807) is 30.7 Å². The lowest BCUT2D eigenvalue weighted by Gasteiger charge is -2.06. The van der Waals surface area contributed by atoms with Crippen molar-refractivity contribution in [3.63, 3.8) is 0 Å². The highest BCUT2D eigenvalue weighted by atomic mass is 16.6. The summed E-state index contributed by atoms with van der Waals surface area (Å²) in [5.74, 6) is -0.390. The van der Waals surface area contributed by atoms with Gasteiger partial charge in [0.15, 0.2) is 0 Å². The Hall–Kier alpha value is -2.70. The highest BCUT2D eigenvalue weighted by Crippen LogP contribution is 2.24. The minimum Gasteiger partial charge on any atom is -0.316 e.